The third kappa shape index (κ3) is 4.40. The zero-order valence-corrected chi connectivity index (χ0v) is 12.7. The van der Waals surface area contributed by atoms with Crippen molar-refractivity contribution in [2.75, 3.05) is 7.05 Å². The number of thiazole rings is 1. The van der Waals surface area contributed by atoms with Gasteiger partial charge in [0.15, 0.2) is 0 Å². The van der Waals surface area contributed by atoms with Crippen LogP contribution in [0.5, 0.6) is 0 Å². The van der Waals surface area contributed by atoms with Gasteiger partial charge in [-0.25, -0.2) is 4.98 Å². The van der Waals surface area contributed by atoms with Gasteiger partial charge in [0, 0.05) is 17.3 Å². The Morgan fingerprint density at radius 3 is 2.53 bits per heavy atom. The molecule has 1 aromatic rings. The number of nitrogens with one attached hydrogen (secondary N) is 1. The van der Waals surface area contributed by atoms with Crippen LogP contribution in [0.4, 0.5) is 0 Å². The van der Waals surface area contributed by atoms with Crippen molar-refractivity contribution in [3.63, 3.8) is 0 Å². The van der Waals surface area contributed by atoms with E-state index in [1.165, 1.54) is 34.8 Å². The molecule has 2 nitrogen and oxygen atoms in total. The fourth-order valence-electron chi connectivity index (χ4n) is 2.13. The van der Waals surface area contributed by atoms with Crippen molar-refractivity contribution in [2.45, 2.75) is 59.4 Å². The molecule has 1 heterocycles. The van der Waals surface area contributed by atoms with E-state index >= 15 is 0 Å². The number of rotatable bonds is 7. The third-order valence-electron chi connectivity index (χ3n) is 3.54. The second kappa shape index (κ2) is 7.12. The first-order chi connectivity index (χ1) is 8.08. The van der Waals surface area contributed by atoms with Crippen LogP contribution >= 0.6 is 11.3 Å². The maximum atomic E-state index is 4.64. The summed E-state index contributed by atoms with van der Waals surface area (Å²) in [5, 5.41) is 4.73. The summed E-state index contributed by atoms with van der Waals surface area (Å²) < 4.78 is 0. The number of aromatic nitrogens is 1. The normalized spacial score (nSPS) is 14.9. The summed E-state index contributed by atoms with van der Waals surface area (Å²) in [4.78, 5) is 6.00. The molecule has 2 unspecified atom stereocenters. The largest absolute Gasteiger partial charge is 0.316 e. The van der Waals surface area contributed by atoms with Gasteiger partial charge >= 0.3 is 0 Å². The second-order valence-corrected chi connectivity index (χ2v) is 6.26. The van der Waals surface area contributed by atoms with Crippen molar-refractivity contribution in [3.05, 3.63) is 15.6 Å². The van der Waals surface area contributed by atoms with Gasteiger partial charge in [0.05, 0.1) is 10.7 Å². The van der Waals surface area contributed by atoms with Crippen LogP contribution in [-0.2, 0) is 6.42 Å². The van der Waals surface area contributed by atoms with Crippen LogP contribution in [0.25, 0.3) is 0 Å². The molecule has 0 aromatic carbocycles. The van der Waals surface area contributed by atoms with Gasteiger partial charge in [-0.2, -0.15) is 0 Å². The lowest BCUT2D eigenvalue weighted by Gasteiger charge is -2.22. The molecule has 0 radical (unpaired) electrons. The Morgan fingerprint density at radius 2 is 2.06 bits per heavy atom. The van der Waals surface area contributed by atoms with Crippen LogP contribution in [0.1, 0.15) is 48.7 Å². The monoisotopic (exact) mass is 254 g/mol. The van der Waals surface area contributed by atoms with Crippen molar-refractivity contribution in [1.82, 2.24) is 10.3 Å². The summed E-state index contributed by atoms with van der Waals surface area (Å²) >= 11 is 1.85. The van der Waals surface area contributed by atoms with Gasteiger partial charge in [-0.3, -0.25) is 0 Å². The highest BCUT2D eigenvalue weighted by Crippen LogP contribution is 2.21. The van der Waals surface area contributed by atoms with E-state index in [4.69, 9.17) is 0 Å². The minimum Gasteiger partial charge on any atom is -0.316 e. The molecule has 1 aromatic heterocycles. The Hall–Kier alpha value is -0.410. The molecular weight excluding hydrogens is 228 g/mol. The number of likely N-dealkylation sites (N-methyl/N-ethyl adjacent to an activating group) is 1. The van der Waals surface area contributed by atoms with E-state index in [2.05, 4.69) is 45.0 Å². The number of hydrogen-bond acceptors (Lipinski definition) is 3. The molecule has 3 heteroatoms. The first-order valence-electron chi connectivity index (χ1n) is 6.68. The Bertz CT molecular complexity index is 313. The molecule has 0 spiro atoms. The Kier molecular flexibility index (Phi) is 6.14. The zero-order chi connectivity index (χ0) is 12.8. The van der Waals surface area contributed by atoms with Gasteiger partial charge in [0.2, 0.25) is 0 Å². The predicted molar refractivity (Wildman–Crippen MR) is 76.8 cm³/mol. The fraction of sp³-hybridized carbons (Fsp3) is 0.786. The first kappa shape index (κ1) is 14.7. The molecule has 0 amide bonds. The summed E-state index contributed by atoms with van der Waals surface area (Å²) in [6.45, 7) is 8.87. The van der Waals surface area contributed by atoms with Crippen LogP contribution < -0.4 is 5.32 Å². The standard InChI is InChI=1S/C14H26N2S/c1-6-7-8-10(2)13(15-5)9-14-16-11(3)12(4)17-14/h10,13,15H,6-9H2,1-5H3. The van der Waals surface area contributed by atoms with Gasteiger partial charge in [-0.1, -0.05) is 26.7 Å². The Morgan fingerprint density at radius 1 is 1.35 bits per heavy atom. The van der Waals surface area contributed by atoms with Crippen molar-refractivity contribution >= 4 is 11.3 Å². The molecule has 17 heavy (non-hydrogen) atoms. The molecule has 0 fully saturated rings. The molecule has 1 rings (SSSR count). The molecule has 0 saturated carbocycles. The minimum absolute atomic E-state index is 0.562. The lowest BCUT2D eigenvalue weighted by molar-refractivity contribution is 0.365. The van der Waals surface area contributed by atoms with Crippen molar-refractivity contribution in [2.24, 2.45) is 5.92 Å². The Labute approximate surface area is 110 Å². The van der Waals surface area contributed by atoms with Crippen LogP contribution in [-0.4, -0.2) is 18.1 Å². The summed E-state index contributed by atoms with van der Waals surface area (Å²) in [5.41, 5.74) is 1.20. The predicted octanol–water partition coefficient (Wildman–Crippen LogP) is 3.72. The van der Waals surface area contributed by atoms with E-state index in [-0.39, 0.29) is 0 Å². The topological polar surface area (TPSA) is 24.9 Å². The number of unbranched alkanes of at least 4 members (excludes halogenated alkanes) is 1. The van der Waals surface area contributed by atoms with E-state index in [1.54, 1.807) is 0 Å². The SMILES string of the molecule is CCCCC(C)C(Cc1nc(C)c(C)s1)NC. The fourth-order valence-corrected chi connectivity index (χ4v) is 3.12. The van der Waals surface area contributed by atoms with E-state index in [1.807, 2.05) is 11.3 Å². The average molecular weight is 254 g/mol. The molecular formula is C14H26N2S. The van der Waals surface area contributed by atoms with Crippen molar-refractivity contribution in [1.29, 1.82) is 0 Å². The highest BCUT2D eigenvalue weighted by atomic mass is 32.1. The molecule has 1 N–H and O–H groups in total. The molecule has 0 aliphatic rings. The molecule has 0 bridgehead atoms. The number of aryl methyl sites for hydroxylation is 2. The summed E-state index contributed by atoms with van der Waals surface area (Å²) in [6, 6.07) is 0.562. The van der Waals surface area contributed by atoms with Crippen molar-refractivity contribution in [3.8, 4) is 0 Å². The molecule has 98 valence electrons. The average Bonchev–Trinajstić information content (AvgIpc) is 2.62. The van der Waals surface area contributed by atoms with E-state index in [0.29, 0.717) is 6.04 Å². The maximum Gasteiger partial charge on any atom is 0.0946 e. The van der Waals surface area contributed by atoms with Gasteiger partial charge in [0.25, 0.3) is 0 Å². The number of nitrogens with zero attached hydrogens (tertiary/aromatic N) is 1. The van der Waals surface area contributed by atoms with Crippen LogP contribution in [0, 0.1) is 19.8 Å². The molecule has 0 aliphatic carbocycles. The molecule has 0 aliphatic heterocycles. The first-order valence-corrected chi connectivity index (χ1v) is 7.50. The molecule has 0 saturated heterocycles. The second-order valence-electron chi connectivity index (χ2n) is 4.97. The molecule has 2 atom stereocenters. The quantitative estimate of drug-likeness (QED) is 0.802. The van der Waals surface area contributed by atoms with Crippen molar-refractivity contribution < 1.29 is 0 Å². The minimum atomic E-state index is 0.562. The lowest BCUT2D eigenvalue weighted by atomic mass is 9.94. The van der Waals surface area contributed by atoms with Crippen LogP contribution in [0.2, 0.25) is 0 Å². The van der Waals surface area contributed by atoms with Gasteiger partial charge in [0.1, 0.15) is 0 Å². The smallest absolute Gasteiger partial charge is 0.0946 e. The van der Waals surface area contributed by atoms with E-state index in [0.717, 1.165) is 12.3 Å². The summed E-state index contributed by atoms with van der Waals surface area (Å²) in [7, 11) is 2.07. The van der Waals surface area contributed by atoms with Gasteiger partial charge in [-0.15, -0.1) is 11.3 Å². The zero-order valence-electron chi connectivity index (χ0n) is 11.8. The maximum absolute atomic E-state index is 4.64. The van der Waals surface area contributed by atoms with Gasteiger partial charge in [-0.05, 0) is 33.2 Å². The van der Waals surface area contributed by atoms with Crippen LogP contribution in [0.15, 0.2) is 0 Å². The highest BCUT2D eigenvalue weighted by Gasteiger charge is 2.17. The summed E-state index contributed by atoms with van der Waals surface area (Å²) in [5.74, 6) is 0.726. The highest BCUT2D eigenvalue weighted by molar-refractivity contribution is 7.11. The van der Waals surface area contributed by atoms with E-state index in [9.17, 15) is 0 Å². The lowest BCUT2D eigenvalue weighted by Crippen LogP contribution is -2.34. The Balaban J connectivity index is 2.56. The van der Waals surface area contributed by atoms with E-state index < -0.39 is 0 Å². The number of hydrogen-bond donors (Lipinski definition) is 1. The van der Waals surface area contributed by atoms with Gasteiger partial charge < -0.3 is 5.32 Å². The summed E-state index contributed by atoms with van der Waals surface area (Å²) in [6.07, 6.45) is 5.00. The van der Waals surface area contributed by atoms with Crippen LogP contribution in [0.3, 0.4) is 0 Å². The third-order valence-corrected chi connectivity index (χ3v) is 4.63.